The Morgan fingerprint density at radius 2 is 2.19 bits per heavy atom. The molecule has 1 heterocycles. The van der Waals surface area contributed by atoms with E-state index in [0.29, 0.717) is 19.8 Å². The van der Waals surface area contributed by atoms with Gasteiger partial charge >= 0.3 is 0 Å². The van der Waals surface area contributed by atoms with Crippen LogP contribution in [0.3, 0.4) is 0 Å². The van der Waals surface area contributed by atoms with E-state index >= 15 is 0 Å². The summed E-state index contributed by atoms with van der Waals surface area (Å²) in [5, 5.41) is 5.40. The van der Waals surface area contributed by atoms with Crippen molar-refractivity contribution in [3.05, 3.63) is 22.4 Å². The number of ether oxygens (including phenoxy) is 2. The summed E-state index contributed by atoms with van der Waals surface area (Å²) in [6, 6.07) is 4.25. The summed E-state index contributed by atoms with van der Waals surface area (Å²) in [7, 11) is 5.52. The molecule has 0 aliphatic rings. The van der Waals surface area contributed by atoms with Crippen LogP contribution in [0.1, 0.15) is 4.88 Å². The van der Waals surface area contributed by atoms with Gasteiger partial charge in [-0.05, 0) is 17.9 Å². The van der Waals surface area contributed by atoms with Crippen molar-refractivity contribution in [2.24, 2.45) is 4.99 Å². The Hall–Kier alpha value is -0.380. The zero-order valence-corrected chi connectivity index (χ0v) is 16.1. The lowest BCUT2D eigenvalue weighted by atomic mass is 10.3. The molecule has 0 radical (unpaired) electrons. The average Bonchev–Trinajstić information content (AvgIpc) is 2.97. The Morgan fingerprint density at radius 1 is 1.38 bits per heavy atom. The molecule has 5 nitrogen and oxygen atoms in total. The zero-order valence-electron chi connectivity index (χ0n) is 13.0. The quantitative estimate of drug-likeness (QED) is 0.284. The molecule has 0 saturated carbocycles. The highest BCUT2D eigenvalue weighted by Gasteiger charge is 2.05. The number of methoxy groups -OCH3 is 1. The Balaban J connectivity index is 0.00000400. The first-order valence-electron chi connectivity index (χ1n) is 6.78. The number of rotatable bonds is 9. The number of likely N-dealkylation sites (N-methyl/N-ethyl adjacent to an activating group) is 1. The first kappa shape index (κ1) is 20.6. The molecule has 1 N–H and O–H groups in total. The van der Waals surface area contributed by atoms with Crippen molar-refractivity contribution >= 4 is 41.3 Å². The Morgan fingerprint density at radius 3 is 2.81 bits per heavy atom. The minimum atomic E-state index is 0. The van der Waals surface area contributed by atoms with Crippen LogP contribution in [0.25, 0.3) is 0 Å². The number of thiophene rings is 1. The van der Waals surface area contributed by atoms with Gasteiger partial charge in [-0.1, -0.05) is 6.07 Å². The molecule has 0 unspecified atom stereocenters. The van der Waals surface area contributed by atoms with Crippen LogP contribution < -0.4 is 5.32 Å². The van der Waals surface area contributed by atoms with Crippen molar-refractivity contribution < 1.29 is 9.47 Å². The summed E-state index contributed by atoms with van der Waals surface area (Å²) >= 11 is 1.79. The molecule has 0 spiro atoms. The van der Waals surface area contributed by atoms with Gasteiger partial charge in [0.15, 0.2) is 5.96 Å². The maximum absolute atomic E-state index is 5.41. The van der Waals surface area contributed by atoms with Crippen molar-refractivity contribution in [3.8, 4) is 0 Å². The molecule has 0 saturated heterocycles. The fraction of sp³-hybridized carbons (Fsp3) is 0.643. The fourth-order valence-electron chi connectivity index (χ4n) is 1.70. The van der Waals surface area contributed by atoms with Crippen molar-refractivity contribution in [1.29, 1.82) is 0 Å². The van der Waals surface area contributed by atoms with E-state index in [2.05, 4.69) is 39.8 Å². The minimum absolute atomic E-state index is 0. The molecule has 0 aliphatic heterocycles. The number of nitrogens with one attached hydrogen (secondary N) is 1. The SMILES string of the molecule is CN=C(NCCOCCOC)N(C)CCc1cccs1.I. The highest BCUT2D eigenvalue weighted by molar-refractivity contribution is 14.0. The van der Waals surface area contributed by atoms with Gasteiger partial charge in [0.05, 0.1) is 19.8 Å². The van der Waals surface area contributed by atoms with E-state index in [4.69, 9.17) is 9.47 Å². The van der Waals surface area contributed by atoms with Crippen molar-refractivity contribution in [2.75, 3.05) is 54.1 Å². The van der Waals surface area contributed by atoms with Crippen LogP contribution in [-0.4, -0.2) is 65.0 Å². The van der Waals surface area contributed by atoms with Gasteiger partial charge in [0.2, 0.25) is 0 Å². The second-order valence-electron chi connectivity index (χ2n) is 4.33. The molecular weight excluding hydrogens is 401 g/mol. The van der Waals surface area contributed by atoms with Crippen LogP contribution in [0.4, 0.5) is 0 Å². The van der Waals surface area contributed by atoms with E-state index in [9.17, 15) is 0 Å². The van der Waals surface area contributed by atoms with E-state index in [-0.39, 0.29) is 24.0 Å². The number of nitrogens with zero attached hydrogens (tertiary/aromatic N) is 2. The number of halogens is 1. The highest BCUT2D eigenvalue weighted by atomic mass is 127. The van der Waals surface area contributed by atoms with Crippen LogP contribution in [0.2, 0.25) is 0 Å². The molecule has 0 atom stereocenters. The first-order chi connectivity index (χ1) is 9.77. The van der Waals surface area contributed by atoms with Gasteiger partial charge in [-0.25, -0.2) is 0 Å². The molecule has 0 bridgehead atoms. The van der Waals surface area contributed by atoms with Crippen LogP contribution in [0, 0.1) is 0 Å². The third-order valence-corrected chi connectivity index (χ3v) is 3.74. The molecule has 21 heavy (non-hydrogen) atoms. The van der Waals surface area contributed by atoms with Crippen molar-refractivity contribution in [1.82, 2.24) is 10.2 Å². The van der Waals surface area contributed by atoms with Gasteiger partial charge in [0.1, 0.15) is 0 Å². The lowest BCUT2D eigenvalue weighted by Gasteiger charge is -2.21. The van der Waals surface area contributed by atoms with Crippen LogP contribution in [0.15, 0.2) is 22.5 Å². The van der Waals surface area contributed by atoms with E-state index < -0.39 is 0 Å². The topological polar surface area (TPSA) is 46.1 Å². The summed E-state index contributed by atoms with van der Waals surface area (Å²) in [5.41, 5.74) is 0. The molecule has 0 aliphatic carbocycles. The standard InChI is InChI=1S/C14H25N3O2S.HI/c1-15-14(16-7-9-19-11-10-18-3)17(2)8-6-13-5-4-12-20-13;/h4-5,12H,6-11H2,1-3H3,(H,15,16);1H. The van der Waals surface area contributed by atoms with Gasteiger partial charge in [0.25, 0.3) is 0 Å². The summed E-state index contributed by atoms with van der Waals surface area (Å²) in [5.74, 6) is 0.900. The Bertz CT molecular complexity index is 374. The minimum Gasteiger partial charge on any atom is -0.382 e. The summed E-state index contributed by atoms with van der Waals surface area (Å²) in [4.78, 5) is 7.81. The number of hydrogen-bond donors (Lipinski definition) is 1. The average molecular weight is 427 g/mol. The molecule has 1 aromatic rings. The maximum atomic E-state index is 5.41. The van der Waals surface area contributed by atoms with Crippen molar-refractivity contribution in [3.63, 3.8) is 0 Å². The molecular formula is C14H26IN3O2S. The third kappa shape index (κ3) is 9.28. The predicted molar refractivity (Wildman–Crippen MR) is 100 cm³/mol. The van der Waals surface area contributed by atoms with Gasteiger partial charge in [-0.3, -0.25) is 4.99 Å². The summed E-state index contributed by atoms with van der Waals surface area (Å²) in [6.07, 6.45) is 1.04. The largest absolute Gasteiger partial charge is 0.382 e. The number of guanidine groups is 1. The van der Waals surface area contributed by atoms with E-state index in [1.807, 2.05) is 0 Å². The van der Waals surface area contributed by atoms with Gasteiger partial charge in [0, 0.05) is 39.2 Å². The van der Waals surface area contributed by atoms with Crippen LogP contribution >= 0.6 is 35.3 Å². The van der Waals surface area contributed by atoms with E-state index in [1.54, 1.807) is 25.5 Å². The lowest BCUT2D eigenvalue weighted by Crippen LogP contribution is -2.41. The van der Waals surface area contributed by atoms with Crippen LogP contribution in [0.5, 0.6) is 0 Å². The number of hydrogen-bond acceptors (Lipinski definition) is 4. The van der Waals surface area contributed by atoms with Crippen LogP contribution in [-0.2, 0) is 15.9 Å². The third-order valence-electron chi connectivity index (χ3n) is 2.81. The van der Waals surface area contributed by atoms with Gasteiger partial charge < -0.3 is 19.7 Å². The predicted octanol–water partition coefficient (Wildman–Crippen LogP) is 2.08. The summed E-state index contributed by atoms with van der Waals surface area (Å²) < 4.78 is 10.3. The molecule has 1 rings (SSSR count). The van der Waals surface area contributed by atoms with Crippen molar-refractivity contribution in [2.45, 2.75) is 6.42 Å². The van der Waals surface area contributed by atoms with E-state index in [0.717, 1.165) is 25.5 Å². The molecule has 7 heteroatoms. The molecule has 1 aromatic heterocycles. The van der Waals surface area contributed by atoms with Gasteiger partial charge in [-0.15, -0.1) is 35.3 Å². The number of aliphatic imine (C=N–C) groups is 1. The lowest BCUT2D eigenvalue weighted by molar-refractivity contribution is 0.0731. The van der Waals surface area contributed by atoms with E-state index in [1.165, 1.54) is 4.88 Å². The molecule has 0 amide bonds. The first-order valence-corrected chi connectivity index (χ1v) is 7.66. The fourth-order valence-corrected chi connectivity index (χ4v) is 2.40. The normalized spacial score (nSPS) is 11.1. The Labute approximate surface area is 148 Å². The van der Waals surface area contributed by atoms with Gasteiger partial charge in [-0.2, -0.15) is 0 Å². The molecule has 0 fully saturated rings. The zero-order chi connectivity index (χ0) is 14.6. The second kappa shape index (κ2) is 13.3. The highest BCUT2D eigenvalue weighted by Crippen LogP contribution is 2.09. The molecule has 122 valence electrons. The summed E-state index contributed by atoms with van der Waals surface area (Å²) in [6.45, 7) is 3.62. The Kier molecular flexibility index (Phi) is 13.1. The molecule has 0 aromatic carbocycles. The second-order valence-corrected chi connectivity index (χ2v) is 5.36. The smallest absolute Gasteiger partial charge is 0.193 e. The monoisotopic (exact) mass is 427 g/mol. The maximum Gasteiger partial charge on any atom is 0.193 e.